The predicted octanol–water partition coefficient (Wildman–Crippen LogP) is 6.39. The smallest absolute Gasteiger partial charge is 0.277 e. The summed E-state index contributed by atoms with van der Waals surface area (Å²) in [7, 11) is 0. The van der Waals surface area contributed by atoms with Gasteiger partial charge in [0, 0.05) is 28.6 Å². The third-order valence-electron chi connectivity index (χ3n) is 4.50. The molecule has 0 spiro atoms. The molecule has 4 rings (SSSR count). The first kappa shape index (κ1) is 21.5. The van der Waals surface area contributed by atoms with Gasteiger partial charge in [0.25, 0.3) is 5.22 Å². The molecule has 6 nitrogen and oxygen atoms in total. The average Bonchev–Trinajstić information content (AvgIpc) is 3.43. The van der Waals surface area contributed by atoms with Gasteiger partial charge in [0.15, 0.2) is 5.13 Å². The number of thioether (sulfide) groups is 1. The minimum absolute atomic E-state index is 0.0704. The number of anilines is 2. The predicted molar refractivity (Wildman–Crippen MR) is 125 cm³/mol. The van der Waals surface area contributed by atoms with Gasteiger partial charge in [-0.1, -0.05) is 48.5 Å². The lowest BCUT2D eigenvalue weighted by molar-refractivity contribution is -0.115. The number of benzene rings is 2. The summed E-state index contributed by atoms with van der Waals surface area (Å²) in [6.07, 6.45) is 0.834. The number of rotatable bonds is 7. The number of thiazole rings is 1. The molecule has 0 saturated heterocycles. The van der Waals surface area contributed by atoms with E-state index in [1.165, 1.54) is 23.1 Å². The van der Waals surface area contributed by atoms with Crippen molar-refractivity contribution < 1.29 is 9.21 Å². The zero-order chi connectivity index (χ0) is 21.8. The molecule has 0 aliphatic carbocycles. The standard InChI is InChI=1S/C22H19ClN4O2S2/c1-3-15-6-4-5-7-19(15)27(14(2)28)21-24-18(12-30-21)13-31-22-26-25-20(29-22)16-8-10-17(23)11-9-16/h4-12H,3,13H2,1-2H3. The van der Waals surface area contributed by atoms with Crippen LogP contribution in [0.5, 0.6) is 0 Å². The molecule has 2 heterocycles. The first-order valence-electron chi connectivity index (χ1n) is 9.60. The number of halogens is 1. The van der Waals surface area contributed by atoms with Crippen LogP contribution in [-0.4, -0.2) is 21.1 Å². The zero-order valence-corrected chi connectivity index (χ0v) is 19.3. The maximum atomic E-state index is 12.4. The van der Waals surface area contributed by atoms with E-state index >= 15 is 0 Å². The molecule has 0 bridgehead atoms. The van der Waals surface area contributed by atoms with E-state index in [1.54, 1.807) is 24.0 Å². The van der Waals surface area contributed by atoms with Crippen LogP contribution in [0.15, 0.2) is 63.6 Å². The molecule has 158 valence electrons. The van der Waals surface area contributed by atoms with E-state index in [4.69, 9.17) is 16.0 Å². The Hall–Kier alpha value is -2.68. The van der Waals surface area contributed by atoms with Crippen molar-refractivity contribution in [1.29, 1.82) is 0 Å². The van der Waals surface area contributed by atoms with E-state index in [2.05, 4.69) is 22.1 Å². The van der Waals surface area contributed by atoms with Crippen LogP contribution in [0.1, 0.15) is 25.1 Å². The Bertz CT molecular complexity index is 1190. The third-order valence-corrected chi connectivity index (χ3v) is 6.48. The van der Waals surface area contributed by atoms with Crippen molar-refractivity contribution in [2.45, 2.75) is 31.2 Å². The van der Waals surface area contributed by atoms with Gasteiger partial charge in [-0.05, 0) is 42.3 Å². The molecular weight excluding hydrogens is 452 g/mol. The summed E-state index contributed by atoms with van der Waals surface area (Å²) in [5, 5.41) is 11.9. The number of hydrogen-bond donors (Lipinski definition) is 0. The Kier molecular flexibility index (Phi) is 6.70. The molecule has 0 saturated carbocycles. The van der Waals surface area contributed by atoms with Gasteiger partial charge in [0.2, 0.25) is 11.8 Å². The highest BCUT2D eigenvalue weighted by Gasteiger charge is 2.20. The van der Waals surface area contributed by atoms with E-state index in [-0.39, 0.29) is 5.91 Å². The van der Waals surface area contributed by atoms with Gasteiger partial charge in [-0.2, -0.15) is 0 Å². The Morgan fingerprint density at radius 3 is 2.68 bits per heavy atom. The van der Waals surface area contributed by atoms with Crippen molar-refractivity contribution in [1.82, 2.24) is 15.2 Å². The lowest BCUT2D eigenvalue weighted by Crippen LogP contribution is -2.23. The number of carbonyl (C=O) groups is 1. The SMILES string of the molecule is CCc1ccccc1N(C(C)=O)c1nc(CSc2nnc(-c3ccc(Cl)cc3)o2)cs1. The molecule has 0 fully saturated rings. The topological polar surface area (TPSA) is 72.1 Å². The number of hydrogen-bond acceptors (Lipinski definition) is 7. The zero-order valence-electron chi connectivity index (χ0n) is 16.9. The van der Waals surface area contributed by atoms with Crippen LogP contribution in [0.3, 0.4) is 0 Å². The van der Waals surface area contributed by atoms with Gasteiger partial charge in [-0.3, -0.25) is 9.69 Å². The molecule has 0 N–H and O–H groups in total. The van der Waals surface area contributed by atoms with E-state index in [0.717, 1.165) is 28.9 Å². The number of aryl methyl sites for hydroxylation is 1. The van der Waals surface area contributed by atoms with Crippen molar-refractivity contribution >= 4 is 51.4 Å². The number of amides is 1. The van der Waals surface area contributed by atoms with Crippen LogP contribution < -0.4 is 4.90 Å². The number of nitrogens with zero attached hydrogens (tertiary/aromatic N) is 4. The second-order valence-electron chi connectivity index (χ2n) is 6.63. The Morgan fingerprint density at radius 2 is 1.94 bits per heavy atom. The Balaban J connectivity index is 1.47. The molecule has 4 aromatic rings. The van der Waals surface area contributed by atoms with Crippen LogP contribution >= 0.6 is 34.7 Å². The van der Waals surface area contributed by atoms with Crippen molar-refractivity contribution in [2.75, 3.05) is 4.90 Å². The highest BCUT2D eigenvalue weighted by Crippen LogP contribution is 2.33. The summed E-state index contributed by atoms with van der Waals surface area (Å²) < 4.78 is 5.73. The second-order valence-corrected chi connectivity index (χ2v) is 8.83. The van der Waals surface area contributed by atoms with Gasteiger partial charge in [-0.15, -0.1) is 21.5 Å². The molecule has 1 amide bonds. The van der Waals surface area contributed by atoms with E-state index in [9.17, 15) is 4.79 Å². The Labute approximate surface area is 193 Å². The maximum Gasteiger partial charge on any atom is 0.277 e. The fourth-order valence-electron chi connectivity index (χ4n) is 3.01. The largest absolute Gasteiger partial charge is 0.411 e. The van der Waals surface area contributed by atoms with Crippen molar-refractivity contribution in [3.8, 4) is 11.5 Å². The van der Waals surface area contributed by atoms with Gasteiger partial charge in [0.05, 0.1) is 11.4 Å². The minimum atomic E-state index is -0.0704. The monoisotopic (exact) mass is 470 g/mol. The minimum Gasteiger partial charge on any atom is -0.411 e. The van der Waals surface area contributed by atoms with Crippen molar-refractivity contribution in [3.63, 3.8) is 0 Å². The van der Waals surface area contributed by atoms with Gasteiger partial charge in [-0.25, -0.2) is 4.98 Å². The van der Waals surface area contributed by atoms with Gasteiger partial charge < -0.3 is 4.42 Å². The van der Waals surface area contributed by atoms with E-state index in [0.29, 0.717) is 27.0 Å². The highest BCUT2D eigenvalue weighted by molar-refractivity contribution is 7.98. The van der Waals surface area contributed by atoms with Crippen LogP contribution in [0.2, 0.25) is 5.02 Å². The molecule has 9 heteroatoms. The fourth-order valence-corrected chi connectivity index (χ4v) is 4.78. The van der Waals surface area contributed by atoms with Crippen LogP contribution in [0, 0.1) is 0 Å². The fraction of sp³-hybridized carbons (Fsp3) is 0.182. The second kappa shape index (κ2) is 9.64. The summed E-state index contributed by atoms with van der Waals surface area (Å²) in [6, 6.07) is 15.1. The van der Waals surface area contributed by atoms with Gasteiger partial charge in [0.1, 0.15) is 0 Å². The summed E-state index contributed by atoms with van der Waals surface area (Å²) in [5.41, 5.74) is 3.63. The summed E-state index contributed by atoms with van der Waals surface area (Å²) in [4.78, 5) is 18.7. The van der Waals surface area contributed by atoms with Crippen molar-refractivity contribution in [2.24, 2.45) is 0 Å². The van der Waals surface area contributed by atoms with Crippen LogP contribution in [-0.2, 0) is 17.0 Å². The molecule has 0 radical (unpaired) electrons. The lowest BCUT2D eigenvalue weighted by Gasteiger charge is -2.20. The number of carbonyl (C=O) groups excluding carboxylic acids is 1. The molecular formula is C22H19ClN4O2S2. The van der Waals surface area contributed by atoms with E-state index < -0.39 is 0 Å². The molecule has 2 aromatic carbocycles. The number of para-hydroxylation sites is 1. The first-order chi connectivity index (χ1) is 15.0. The summed E-state index contributed by atoms with van der Waals surface area (Å²) >= 11 is 8.76. The molecule has 0 aliphatic heterocycles. The number of aromatic nitrogens is 3. The normalized spacial score (nSPS) is 10.9. The highest BCUT2D eigenvalue weighted by atomic mass is 35.5. The molecule has 2 aromatic heterocycles. The average molecular weight is 471 g/mol. The molecule has 0 atom stereocenters. The summed E-state index contributed by atoms with van der Waals surface area (Å²) in [5.74, 6) is 0.927. The first-order valence-corrected chi connectivity index (χ1v) is 11.8. The van der Waals surface area contributed by atoms with Crippen LogP contribution in [0.4, 0.5) is 10.8 Å². The lowest BCUT2D eigenvalue weighted by atomic mass is 10.1. The summed E-state index contributed by atoms with van der Waals surface area (Å²) in [6.45, 7) is 3.63. The van der Waals surface area contributed by atoms with Crippen LogP contribution in [0.25, 0.3) is 11.5 Å². The van der Waals surface area contributed by atoms with E-state index in [1.807, 2.05) is 41.8 Å². The molecule has 0 aliphatic rings. The maximum absolute atomic E-state index is 12.4. The Morgan fingerprint density at radius 1 is 1.16 bits per heavy atom. The van der Waals surface area contributed by atoms with Crippen molar-refractivity contribution in [3.05, 3.63) is 70.2 Å². The van der Waals surface area contributed by atoms with Gasteiger partial charge >= 0.3 is 0 Å². The quantitative estimate of drug-likeness (QED) is 0.291. The molecule has 31 heavy (non-hydrogen) atoms. The molecule has 0 unspecified atom stereocenters. The third kappa shape index (κ3) is 4.98.